The summed E-state index contributed by atoms with van der Waals surface area (Å²) in [6.07, 6.45) is 0.837. The Labute approximate surface area is 206 Å². The summed E-state index contributed by atoms with van der Waals surface area (Å²) in [6.45, 7) is 0. The number of thioether (sulfide) groups is 1. The summed E-state index contributed by atoms with van der Waals surface area (Å²) < 4.78 is 1.07. The molecular formula is C29H22BrNOS. The minimum atomic E-state index is -0.447. The molecule has 2 nitrogen and oxygen atoms in total. The lowest BCUT2D eigenvalue weighted by Crippen LogP contribution is -2.67. The molecule has 2 aliphatic rings. The second-order valence-corrected chi connectivity index (χ2v) is 10.8. The first-order valence-corrected chi connectivity index (χ1v) is 12.8. The first-order valence-electron chi connectivity index (χ1n) is 11.1. The number of carbonyl (C=O) groups excluding carboxylic acids is 1. The molecule has 0 spiro atoms. The van der Waals surface area contributed by atoms with Crippen LogP contribution in [0.4, 0.5) is 5.69 Å². The van der Waals surface area contributed by atoms with Gasteiger partial charge in [-0.25, -0.2) is 0 Å². The zero-order chi connectivity index (χ0) is 22.4. The summed E-state index contributed by atoms with van der Waals surface area (Å²) in [7, 11) is 0. The first kappa shape index (κ1) is 20.8. The maximum atomic E-state index is 13.9. The maximum absolute atomic E-state index is 13.9. The van der Waals surface area contributed by atoms with Gasteiger partial charge in [-0.15, -0.1) is 11.8 Å². The molecule has 1 amide bonds. The molecule has 4 aromatic carbocycles. The highest BCUT2D eigenvalue weighted by molar-refractivity contribution is 9.10. The minimum Gasteiger partial charge on any atom is -0.299 e. The largest absolute Gasteiger partial charge is 0.299 e. The van der Waals surface area contributed by atoms with E-state index in [2.05, 4.69) is 99.7 Å². The van der Waals surface area contributed by atoms with Crippen molar-refractivity contribution in [2.24, 2.45) is 0 Å². The van der Waals surface area contributed by atoms with E-state index in [4.69, 9.17) is 0 Å². The Bertz CT molecular complexity index is 1310. The van der Waals surface area contributed by atoms with Crippen LogP contribution in [0.5, 0.6) is 0 Å². The molecule has 0 radical (unpaired) electrons. The van der Waals surface area contributed by atoms with Gasteiger partial charge in [0.15, 0.2) is 0 Å². The number of anilines is 1. The lowest BCUT2D eigenvalue weighted by molar-refractivity contribution is -0.131. The van der Waals surface area contributed by atoms with Crippen molar-refractivity contribution in [2.75, 3.05) is 4.90 Å². The number of amides is 1. The number of carbonyl (C=O) groups is 1. The lowest BCUT2D eigenvalue weighted by Gasteiger charge is -2.58. The standard InChI is InChI=1S/C29H22BrNOS/c30-23-17-15-20(16-18-23)26-19-29(22-11-5-2-6-12-22)27(21-9-3-1-4-10-21)28(32)31(29)24-13-7-8-14-25(24)33-26/h1-18,26-27H,19H2/t26-,27+,29-/m1/s1. The molecule has 0 aromatic heterocycles. The van der Waals surface area contributed by atoms with Crippen molar-refractivity contribution in [1.82, 2.24) is 0 Å². The molecular weight excluding hydrogens is 490 g/mol. The van der Waals surface area contributed by atoms with Gasteiger partial charge >= 0.3 is 0 Å². The zero-order valence-corrected chi connectivity index (χ0v) is 20.3. The van der Waals surface area contributed by atoms with Crippen molar-refractivity contribution in [3.8, 4) is 0 Å². The van der Waals surface area contributed by atoms with Crippen LogP contribution in [0.3, 0.4) is 0 Å². The van der Waals surface area contributed by atoms with Crippen LogP contribution in [0.15, 0.2) is 119 Å². The fourth-order valence-electron chi connectivity index (χ4n) is 5.42. The van der Waals surface area contributed by atoms with Gasteiger partial charge in [-0.1, -0.05) is 101 Å². The Hall–Kier alpha value is -2.82. The quantitative estimate of drug-likeness (QED) is 0.262. The number of benzene rings is 4. The normalized spacial score (nSPS) is 23.8. The van der Waals surface area contributed by atoms with Crippen LogP contribution >= 0.6 is 27.7 Å². The average molecular weight is 512 g/mol. The number of para-hydroxylation sites is 1. The van der Waals surface area contributed by atoms with Crippen LogP contribution < -0.4 is 4.90 Å². The second-order valence-electron chi connectivity index (χ2n) is 8.64. The zero-order valence-electron chi connectivity index (χ0n) is 17.9. The molecule has 0 bridgehead atoms. The van der Waals surface area contributed by atoms with Crippen LogP contribution in [-0.2, 0) is 10.3 Å². The predicted molar refractivity (Wildman–Crippen MR) is 139 cm³/mol. The molecule has 2 aliphatic heterocycles. The number of halogens is 1. The maximum Gasteiger partial charge on any atom is 0.238 e. The van der Waals surface area contributed by atoms with Crippen LogP contribution in [-0.4, -0.2) is 5.91 Å². The van der Waals surface area contributed by atoms with Crippen LogP contribution in [0.2, 0.25) is 0 Å². The molecule has 0 aliphatic carbocycles. The van der Waals surface area contributed by atoms with Crippen molar-refractivity contribution in [1.29, 1.82) is 0 Å². The van der Waals surface area contributed by atoms with Crippen molar-refractivity contribution >= 4 is 39.3 Å². The third-order valence-corrected chi connectivity index (χ3v) is 8.72. The lowest BCUT2D eigenvalue weighted by atomic mass is 9.63. The molecule has 6 rings (SSSR count). The van der Waals surface area contributed by atoms with Crippen molar-refractivity contribution in [2.45, 2.75) is 28.0 Å². The van der Waals surface area contributed by atoms with Crippen LogP contribution in [0, 0.1) is 0 Å². The van der Waals surface area contributed by atoms with E-state index >= 15 is 0 Å². The van der Waals surface area contributed by atoms with Crippen LogP contribution in [0.1, 0.15) is 34.3 Å². The Morgan fingerprint density at radius 1 is 0.758 bits per heavy atom. The molecule has 3 atom stereocenters. The van der Waals surface area contributed by atoms with Crippen LogP contribution in [0.25, 0.3) is 0 Å². The van der Waals surface area contributed by atoms with E-state index in [0.29, 0.717) is 0 Å². The summed E-state index contributed by atoms with van der Waals surface area (Å²) in [5, 5.41) is 0.212. The molecule has 33 heavy (non-hydrogen) atoms. The number of nitrogens with zero attached hydrogens (tertiary/aromatic N) is 1. The van der Waals surface area contributed by atoms with E-state index in [1.54, 1.807) is 0 Å². The average Bonchev–Trinajstić information content (AvgIpc) is 2.98. The molecule has 162 valence electrons. The highest BCUT2D eigenvalue weighted by Crippen LogP contribution is 2.63. The third kappa shape index (κ3) is 3.27. The van der Waals surface area contributed by atoms with E-state index in [0.717, 1.165) is 27.0 Å². The summed E-state index contributed by atoms with van der Waals surface area (Å²) in [6, 6.07) is 37.9. The Kier molecular flexibility index (Phi) is 5.16. The number of hydrogen-bond donors (Lipinski definition) is 0. The van der Waals surface area contributed by atoms with Gasteiger partial charge in [-0.05, 0) is 47.4 Å². The summed E-state index contributed by atoms with van der Waals surface area (Å²) in [5.74, 6) is -0.0413. The Morgan fingerprint density at radius 3 is 2.12 bits per heavy atom. The fraction of sp³-hybridized carbons (Fsp3) is 0.138. The fourth-order valence-corrected chi connectivity index (χ4v) is 7.06. The van der Waals surface area contributed by atoms with Gasteiger partial charge < -0.3 is 0 Å². The van der Waals surface area contributed by atoms with E-state index in [1.807, 2.05) is 42.1 Å². The molecule has 0 unspecified atom stereocenters. The van der Waals surface area contributed by atoms with E-state index in [9.17, 15) is 4.79 Å². The first-order chi connectivity index (χ1) is 16.2. The predicted octanol–water partition coefficient (Wildman–Crippen LogP) is 7.71. The smallest absolute Gasteiger partial charge is 0.238 e. The van der Waals surface area contributed by atoms with Gasteiger partial charge in [0.05, 0.1) is 17.1 Å². The van der Waals surface area contributed by atoms with Gasteiger partial charge in [0.1, 0.15) is 0 Å². The van der Waals surface area contributed by atoms with Crippen molar-refractivity contribution in [3.05, 3.63) is 130 Å². The van der Waals surface area contributed by atoms with Crippen molar-refractivity contribution < 1.29 is 4.79 Å². The number of fused-ring (bicyclic) bond motifs is 3. The highest BCUT2D eigenvalue weighted by Gasteiger charge is 2.63. The molecule has 0 N–H and O–H groups in total. The molecule has 1 fully saturated rings. The SMILES string of the molecule is O=C1[C@H](c2ccccc2)[C@]2(c3ccccc3)C[C@H](c3ccc(Br)cc3)Sc3ccccc3N12. The van der Waals surface area contributed by atoms with Gasteiger partial charge in [-0.2, -0.15) is 0 Å². The molecule has 0 saturated carbocycles. The molecule has 1 saturated heterocycles. The third-order valence-electron chi connectivity index (χ3n) is 6.86. The summed E-state index contributed by atoms with van der Waals surface area (Å²) in [4.78, 5) is 17.1. The number of hydrogen-bond acceptors (Lipinski definition) is 2. The van der Waals surface area contributed by atoms with E-state index in [-0.39, 0.29) is 17.1 Å². The number of β-lactam (4-membered cyclic amide) rings is 1. The Balaban J connectivity index is 1.60. The van der Waals surface area contributed by atoms with Gasteiger partial charge in [0.25, 0.3) is 0 Å². The molecule has 2 heterocycles. The Morgan fingerprint density at radius 2 is 1.39 bits per heavy atom. The minimum absolute atomic E-state index is 0.176. The van der Waals surface area contributed by atoms with E-state index < -0.39 is 5.54 Å². The summed E-state index contributed by atoms with van der Waals surface area (Å²) >= 11 is 5.45. The van der Waals surface area contributed by atoms with Gasteiger partial charge in [-0.3, -0.25) is 9.69 Å². The van der Waals surface area contributed by atoms with Gasteiger partial charge in [0, 0.05) is 14.6 Å². The van der Waals surface area contributed by atoms with E-state index in [1.165, 1.54) is 11.1 Å². The van der Waals surface area contributed by atoms with Crippen molar-refractivity contribution in [3.63, 3.8) is 0 Å². The molecule has 4 aromatic rings. The summed E-state index contributed by atoms with van der Waals surface area (Å²) in [5.41, 5.74) is 4.13. The molecule has 4 heteroatoms. The van der Waals surface area contributed by atoms with Gasteiger partial charge in [0.2, 0.25) is 5.91 Å². The second kappa shape index (κ2) is 8.19. The highest BCUT2D eigenvalue weighted by atomic mass is 79.9. The topological polar surface area (TPSA) is 20.3 Å². The monoisotopic (exact) mass is 511 g/mol. The number of rotatable bonds is 3.